The highest BCUT2D eigenvalue weighted by Gasteiger charge is 2.10. The van der Waals surface area contributed by atoms with Gasteiger partial charge in [-0.05, 0) is 24.2 Å². The molecule has 0 spiro atoms. The molecule has 0 radical (unpaired) electrons. The molecule has 0 saturated carbocycles. The zero-order valence-corrected chi connectivity index (χ0v) is 8.61. The highest BCUT2D eigenvalue weighted by molar-refractivity contribution is 6.31. The zero-order valence-electron chi connectivity index (χ0n) is 7.85. The highest BCUT2D eigenvalue weighted by atomic mass is 35.5. The third-order valence-corrected chi connectivity index (χ3v) is 2.18. The first-order valence-corrected chi connectivity index (χ1v) is 4.71. The van der Waals surface area contributed by atoms with Crippen LogP contribution in [-0.2, 0) is 0 Å². The molecule has 74 valence electrons. The third kappa shape index (κ3) is 2.47. The summed E-state index contributed by atoms with van der Waals surface area (Å²) >= 11 is 5.86. The summed E-state index contributed by atoms with van der Waals surface area (Å²) in [5.74, 6) is 2.21. The van der Waals surface area contributed by atoms with Gasteiger partial charge in [0.1, 0.15) is 5.82 Å². The Morgan fingerprint density at radius 1 is 1.64 bits per heavy atom. The van der Waals surface area contributed by atoms with E-state index in [0.717, 1.165) is 12.1 Å². The van der Waals surface area contributed by atoms with Crippen LogP contribution >= 0.6 is 11.6 Å². The molecule has 0 amide bonds. The molecule has 1 nitrogen and oxygen atoms in total. The number of hydrogen-bond donors (Lipinski definition) is 1. The lowest BCUT2D eigenvalue weighted by Gasteiger charge is -2.13. The molecule has 1 aromatic carbocycles. The fraction of sp³-hybridized carbons (Fsp3) is 0.273. The van der Waals surface area contributed by atoms with Gasteiger partial charge in [0.15, 0.2) is 0 Å². The zero-order chi connectivity index (χ0) is 10.6. The minimum atomic E-state index is -0.356. The highest BCUT2D eigenvalue weighted by Crippen LogP contribution is 2.23. The minimum Gasteiger partial charge on any atom is -0.300 e. The van der Waals surface area contributed by atoms with Crippen LogP contribution in [0.2, 0.25) is 5.02 Å². The molecule has 14 heavy (non-hydrogen) atoms. The Hall–Kier alpha value is -1.04. The van der Waals surface area contributed by atoms with Crippen molar-refractivity contribution in [1.29, 1.82) is 0 Å². The number of hydrogen-bond acceptors (Lipinski definition) is 1. The van der Waals surface area contributed by atoms with Crippen molar-refractivity contribution in [3.63, 3.8) is 0 Å². The van der Waals surface area contributed by atoms with Gasteiger partial charge >= 0.3 is 0 Å². The summed E-state index contributed by atoms with van der Waals surface area (Å²) in [6.07, 6.45) is 5.33. The van der Waals surface area contributed by atoms with Gasteiger partial charge in [0.2, 0.25) is 0 Å². The maximum Gasteiger partial charge on any atom is 0.124 e. The number of halogens is 2. The van der Waals surface area contributed by atoms with Crippen molar-refractivity contribution in [2.24, 2.45) is 0 Å². The first-order chi connectivity index (χ1) is 6.69. The van der Waals surface area contributed by atoms with E-state index in [-0.39, 0.29) is 11.9 Å². The van der Waals surface area contributed by atoms with Crippen molar-refractivity contribution in [2.75, 3.05) is 6.54 Å². The van der Waals surface area contributed by atoms with Gasteiger partial charge in [-0.2, -0.15) is 0 Å². The molecule has 1 aromatic rings. The normalized spacial score (nSPS) is 12.1. The predicted molar refractivity (Wildman–Crippen MR) is 56.7 cm³/mol. The van der Waals surface area contributed by atoms with E-state index in [2.05, 4.69) is 11.2 Å². The molecule has 0 aliphatic rings. The molecular formula is C11H11ClFN. The van der Waals surface area contributed by atoms with Crippen LogP contribution in [0.3, 0.4) is 0 Å². The van der Waals surface area contributed by atoms with Gasteiger partial charge in [0.25, 0.3) is 0 Å². The Balaban J connectivity index is 3.00. The van der Waals surface area contributed by atoms with Crippen molar-refractivity contribution < 1.29 is 4.39 Å². The maximum atomic E-state index is 12.7. The third-order valence-electron chi connectivity index (χ3n) is 1.85. The molecule has 1 unspecified atom stereocenters. The minimum absolute atomic E-state index is 0.256. The Morgan fingerprint density at radius 2 is 2.36 bits per heavy atom. The molecule has 0 fully saturated rings. The van der Waals surface area contributed by atoms with E-state index in [0.29, 0.717) is 5.02 Å². The quantitative estimate of drug-likeness (QED) is 0.759. The van der Waals surface area contributed by atoms with E-state index >= 15 is 0 Å². The van der Waals surface area contributed by atoms with Crippen LogP contribution in [0, 0.1) is 18.2 Å². The Morgan fingerprint density at radius 3 is 2.86 bits per heavy atom. The summed E-state index contributed by atoms with van der Waals surface area (Å²) in [6, 6.07) is 3.96. The van der Waals surface area contributed by atoms with Crippen molar-refractivity contribution in [1.82, 2.24) is 5.32 Å². The lowest BCUT2D eigenvalue weighted by atomic mass is 10.1. The molecule has 1 rings (SSSR count). The number of rotatable bonds is 3. The standard InChI is InChI=1S/C11H11ClFN/c1-3-11(14-4-2)9-6-5-8(13)7-10(9)12/h1,5-7,11,14H,4H2,2H3. The monoisotopic (exact) mass is 211 g/mol. The summed E-state index contributed by atoms with van der Waals surface area (Å²) in [5.41, 5.74) is 0.734. The van der Waals surface area contributed by atoms with Gasteiger partial charge < -0.3 is 5.32 Å². The average molecular weight is 212 g/mol. The van der Waals surface area contributed by atoms with E-state index in [1.165, 1.54) is 12.1 Å². The van der Waals surface area contributed by atoms with Crippen LogP contribution in [0.15, 0.2) is 18.2 Å². The van der Waals surface area contributed by atoms with Gasteiger partial charge in [-0.1, -0.05) is 30.5 Å². The predicted octanol–water partition coefficient (Wildman–Crippen LogP) is 2.76. The van der Waals surface area contributed by atoms with Crippen LogP contribution < -0.4 is 5.32 Å². The SMILES string of the molecule is C#CC(NCC)c1ccc(F)cc1Cl. The smallest absolute Gasteiger partial charge is 0.124 e. The lowest BCUT2D eigenvalue weighted by Crippen LogP contribution is -2.19. The number of nitrogens with one attached hydrogen (secondary N) is 1. The van der Waals surface area contributed by atoms with Crippen LogP contribution in [0.1, 0.15) is 18.5 Å². The molecule has 0 aliphatic heterocycles. The first-order valence-electron chi connectivity index (χ1n) is 4.33. The van der Waals surface area contributed by atoms with Crippen LogP contribution in [0.4, 0.5) is 4.39 Å². The molecule has 0 aliphatic carbocycles. The van der Waals surface area contributed by atoms with Gasteiger partial charge in [-0.25, -0.2) is 4.39 Å². The van der Waals surface area contributed by atoms with E-state index in [4.69, 9.17) is 18.0 Å². The number of benzene rings is 1. The second kappa shape index (κ2) is 4.99. The fourth-order valence-electron chi connectivity index (χ4n) is 1.20. The average Bonchev–Trinajstić information content (AvgIpc) is 2.15. The van der Waals surface area contributed by atoms with Crippen molar-refractivity contribution >= 4 is 11.6 Å². The molecule has 0 heterocycles. The van der Waals surface area contributed by atoms with Crippen molar-refractivity contribution in [2.45, 2.75) is 13.0 Å². The Bertz CT molecular complexity index is 357. The van der Waals surface area contributed by atoms with Gasteiger partial charge in [0, 0.05) is 5.02 Å². The van der Waals surface area contributed by atoms with E-state index in [9.17, 15) is 4.39 Å². The molecule has 0 bridgehead atoms. The summed E-state index contributed by atoms with van der Waals surface area (Å²) in [7, 11) is 0. The largest absolute Gasteiger partial charge is 0.300 e. The van der Waals surface area contributed by atoms with Crippen LogP contribution in [0.5, 0.6) is 0 Å². The fourth-order valence-corrected chi connectivity index (χ4v) is 1.47. The molecule has 1 N–H and O–H groups in total. The topological polar surface area (TPSA) is 12.0 Å². The van der Waals surface area contributed by atoms with Crippen molar-refractivity contribution in [3.8, 4) is 12.3 Å². The molecule has 0 aromatic heterocycles. The van der Waals surface area contributed by atoms with Crippen molar-refractivity contribution in [3.05, 3.63) is 34.6 Å². The van der Waals surface area contributed by atoms with E-state index < -0.39 is 0 Å². The summed E-state index contributed by atoms with van der Waals surface area (Å²) < 4.78 is 12.7. The van der Waals surface area contributed by atoms with E-state index in [1.807, 2.05) is 6.92 Å². The van der Waals surface area contributed by atoms with Gasteiger partial charge in [-0.3, -0.25) is 0 Å². The molecule has 0 saturated heterocycles. The summed E-state index contributed by atoms with van der Waals surface area (Å²) in [5, 5.41) is 3.42. The van der Waals surface area contributed by atoms with Crippen LogP contribution in [-0.4, -0.2) is 6.54 Å². The maximum absolute atomic E-state index is 12.7. The molecule has 3 heteroatoms. The van der Waals surface area contributed by atoms with Crippen LogP contribution in [0.25, 0.3) is 0 Å². The number of terminal acetylenes is 1. The molecule has 1 atom stereocenters. The lowest BCUT2D eigenvalue weighted by molar-refractivity contribution is 0.622. The first kappa shape index (κ1) is 11.0. The Labute approximate surface area is 88.3 Å². The summed E-state index contributed by atoms with van der Waals surface area (Å²) in [6.45, 7) is 2.68. The van der Waals surface area contributed by atoms with Gasteiger partial charge in [0.05, 0.1) is 6.04 Å². The second-order valence-corrected chi connectivity index (χ2v) is 3.23. The van der Waals surface area contributed by atoms with E-state index in [1.54, 1.807) is 6.07 Å². The Kier molecular flexibility index (Phi) is 3.94. The van der Waals surface area contributed by atoms with Gasteiger partial charge in [-0.15, -0.1) is 6.42 Å². The summed E-state index contributed by atoms with van der Waals surface area (Å²) in [4.78, 5) is 0. The molecular weight excluding hydrogens is 201 g/mol. The second-order valence-electron chi connectivity index (χ2n) is 2.82.